The van der Waals surface area contributed by atoms with Crippen molar-refractivity contribution in [2.24, 2.45) is 0 Å². The van der Waals surface area contributed by atoms with E-state index in [1.807, 2.05) is 0 Å². The average molecular weight is 426 g/mol. The summed E-state index contributed by atoms with van der Waals surface area (Å²) in [6.45, 7) is 26.5. The topological polar surface area (TPSA) is 28.2 Å². The second-order valence-corrected chi connectivity index (χ2v) is 18.0. The number of hydrogen-bond donors (Lipinski definition) is 0. The largest absolute Gasteiger partial charge is 2.00 e. The van der Waals surface area contributed by atoms with Gasteiger partial charge < -0.3 is 9.96 Å². The van der Waals surface area contributed by atoms with E-state index in [4.69, 9.17) is 0 Å². The third kappa shape index (κ3) is 33.0. The normalized spacial score (nSPS) is 13.3. The third-order valence-electron chi connectivity index (χ3n) is 1.34. The number of nitrogens with zero attached hydrogens (tertiary/aromatic N) is 2. The molecule has 0 aromatic carbocycles. The Morgan fingerprint density at radius 2 is 0.684 bits per heavy atom. The first-order valence-corrected chi connectivity index (χ1v) is 13.8. The van der Waals surface area contributed by atoms with E-state index in [1.54, 1.807) is 0 Å². The molecule has 19 heavy (non-hydrogen) atoms. The van der Waals surface area contributed by atoms with Crippen LogP contribution in [0.15, 0.2) is 0 Å². The predicted molar refractivity (Wildman–Crippen MR) is 98.7 cm³/mol. The molecular weight excluding hydrogens is 390 g/mol. The fourth-order valence-electron chi connectivity index (χ4n) is 2.01. The fourth-order valence-corrected chi connectivity index (χ4v) is 6.04. The molecule has 0 atom stereocenters. The molecule has 0 bridgehead atoms. The summed E-state index contributed by atoms with van der Waals surface area (Å²) in [5.41, 5.74) is 0.342. The van der Waals surface area contributed by atoms with Crippen LogP contribution in [0.5, 0.6) is 0 Å². The smallest absolute Gasteiger partial charge is 0.660 e. The maximum Gasteiger partial charge on any atom is 2.00 e. The minimum Gasteiger partial charge on any atom is -0.660 e. The number of hydrogen-bond acceptors (Lipinski definition) is 0. The van der Waals surface area contributed by atoms with Crippen molar-refractivity contribution in [3.8, 4) is 0 Å². The summed E-state index contributed by atoms with van der Waals surface area (Å²) >= 11 is 0. The Kier molecular flexibility index (Phi) is 12.5. The zero-order valence-electron chi connectivity index (χ0n) is 15.6. The monoisotopic (exact) mass is 426 g/mol. The summed E-state index contributed by atoms with van der Waals surface area (Å²) in [5, 5.41) is 0. The van der Waals surface area contributed by atoms with E-state index in [0.29, 0.717) is 0 Å². The first kappa shape index (κ1) is 25.9. The molecule has 0 aliphatic rings. The summed E-state index contributed by atoms with van der Waals surface area (Å²) in [5.74, 6) is 0. The standard InChI is InChI=1S/2C7H18NSi.Ba/c2*1-7(2,3)8-9(4,5)6;/h2*1-6H3;/q2*-1;+2. The van der Waals surface area contributed by atoms with E-state index in [0.717, 1.165) is 0 Å². The SMILES string of the molecule is CC(C)(C)[N-][Si](C)(C)C.CC(C)(C)[N-][Si](C)(C)C.[Ba+2]. The molecule has 0 heterocycles. The van der Waals surface area contributed by atoms with E-state index in [2.05, 4.69) is 90.8 Å². The minimum atomic E-state index is -1.17. The molecule has 0 radical (unpaired) electrons. The molecule has 0 fully saturated rings. The zero-order chi connectivity index (χ0) is 15.4. The van der Waals surface area contributed by atoms with Crippen LogP contribution in [0.3, 0.4) is 0 Å². The van der Waals surface area contributed by atoms with Gasteiger partial charge in [0, 0.05) is 0 Å². The quantitative estimate of drug-likeness (QED) is 0.515. The molecule has 0 saturated carbocycles. The summed E-state index contributed by atoms with van der Waals surface area (Å²) < 4.78 is 0. The summed E-state index contributed by atoms with van der Waals surface area (Å²) in [4.78, 5) is 9.36. The summed E-state index contributed by atoms with van der Waals surface area (Å²) in [7, 11) is -2.34. The van der Waals surface area contributed by atoms with Crippen molar-refractivity contribution >= 4 is 65.4 Å². The summed E-state index contributed by atoms with van der Waals surface area (Å²) in [6.07, 6.45) is 0. The number of rotatable bonds is 2. The van der Waals surface area contributed by atoms with Crippen molar-refractivity contribution in [3.05, 3.63) is 9.96 Å². The molecule has 112 valence electrons. The van der Waals surface area contributed by atoms with Gasteiger partial charge in [-0.25, -0.2) is 0 Å². The molecule has 0 amide bonds. The van der Waals surface area contributed by atoms with E-state index in [1.165, 1.54) is 0 Å². The van der Waals surface area contributed by atoms with Gasteiger partial charge in [-0.1, -0.05) is 97.3 Å². The van der Waals surface area contributed by atoms with Crippen LogP contribution in [0.2, 0.25) is 39.3 Å². The second-order valence-electron chi connectivity index (χ2n) is 8.91. The average Bonchev–Trinajstić information content (AvgIpc) is 1.64. The molecule has 0 unspecified atom stereocenters. The van der Waals surface area contributed by atoms with Crippen molar-refractivity contribution in [2.45, 2.75) is 91.9 Å². The van der Waals surface area contributed by atoms with Gasteiger partial charge in [0.1, 0.15) is 0 Å². The van der Waals surface area contributed by atoms with Gasteiger partial charge in [0.25, 0.3) is 0 Å². The Balaban J connectivity index is -0.000000256. The third-order valence-corrected chi connectivity index (χ3v) is 4.02. The molecule has 5 heteroatoms. The molecule has 0 aromatic rings. The Morgan fingerprint density at radius 1 is 0.526 bits per heavy atom. The molecular formula is C14H36BaN2Si2. The first-order chi connectivity index (χ1) is 7.41. The van der Waals surface area contributed by atoms with Crippen LogP contribution >= 0.6 is 0 Å². The Labute approximate surface area is 165 Å². The summed E-state index contributed by atoms with van der Waals surface area (Å²) in [6, 6.07) is 0. The maximum absolute atomic E-state index is 4.68. The van der Waals surface area contributed by atoms with Crippen LogP contribution in [0.4, 0.5) is 0 Å². The van der Waals surface area contributed by atoms with Gasteiger partial charge in [-0.3, -0.25) is 0 Å². The van der Waals surface area contributed by atoms with Gasteiger partial charge in [0.05, 0.1) is 0 Å². The van der Waals surface area contributed by atoms with Crippen LogP contribution in [0.1, 0.15) is 41.5 Å². The molecule has 0 aliphatic carbocycles. The van der Waals surface area contributed by atoms with Gasteiger partial charge in [-0.2, -0.15) is 0 Å². The van der Waals surface area contributed by atoms with Crippen molar-refractivity contribution < 1.29 is 0 Å². The zero-order valence-corrected chi connectivity index (χ0v) is 22.0. The van der Waals surface area contributed by atoms with Crippen molar-refractivity contribution in [1.82, 2.24) is 0 Å². The molecule has 2 nitrogen and oxygen atoms in total. The minimum absolute atomic E-state index is 0. The van der Waals surface area contributed by atoms with Gasteiger partial charge in [0.15, 0.2) is 0 Å². The molecule has 0 aliphatic heterocycles. The molecule has 0 spiro atoms. The van der Waals surface area contributed by atoms with E-state index in [9.17, 15) is 0 Å². The molecule has 0 rings (SSSR count). The van der Waals surface area contributed by atoms with Gasteiger partial charge in [-0.05, 0) is 0 Å². The molecule has 0 saturated heterocycles. The predicted octanol–water partition coefficient (Wildman–Crippen LogP) is 5.61. The van der Waals surface area contributed by atoms with Gasteiger partial charge >= 0.3 is 48.9 Å². The van der Waals surface area contributed by atoms with Crippen molar-refractivity contribution in [1.29, 1.82) is 0 Å². The fraction of sp³-hybridized carbons (Fsp3) is 1.00. The van der Waals surface area contributed by atoms with E-state index in [-0.39, 0.29) is 60.0 Å². The van der Waals surface area contributed by atoms with Gasteiger partial charge in [-0.15, -0.1) is 11.1 Å². The van der Waals surface area contributed by atoms with Crippen LogP contribution < -0.4 is 0 Å². The van der Waals surface area contributed by atoms with Crippen molar-refractivity contribution in [2.75, 3.05) is 0 Å². The van der Waals surface area contributed by atoms with E-state index >= 15 is 0 Å². The van der Waals surface area contributed by atoms with Crippen molar-refractivity contribution in [3.63, 3.8) is 0 Å². The van der Waals surface area contributed by atoms with Crippen LogP contribution in [0, 0.1) is 0 Å². The Bertz CT molecular complexity index is 180. The van der Waals surface area contributed by atoms with Crippen LogP contribution in [-0.4, -0.2) is 76.4 Å². The molecule has 0 N–H and O–H groups in total. The second kappa shape index (κ2) is 9.15. The van der Waals surface area contributed by atoms with E-state index < -0.39 is 16.5 Å². The Hall–Kier alpha value is 1.93. The molecule has 0 aromatic heterocycles. The van der Waals surface area contributed by atoms with Crippen LogP contribution in [-0.2, 0) is 0 Å². The Morgan fingerprint density at radius 3 is 0.684 bits per heavy atom. The van der Waals surface area contributed by atoms with Gasteiger partial charge in [0.2, 0.25) is 0 Å². The first-order valence-electron chi connectivity index (χ1n) is 6.89. The maximum atomic E-state index is 4.68. The van der Waals surface area contributed by atoms with Crippen LogP contribution in [0.25, 0.3) is 9.96 Å².